The van der Waals surface area contributed by atoms with Crippen LogP contribution >= 0.6 is 31.2 Å². The monoisotopic (exact) mass is 639 g/mol. The number of halogens is 1. The van der Waals surface area contributed by atoms with Crippen molar-refractivity contribution in [1.82, 2.24) is 0 Å². The third kappa shape index (κ3) is 6.25. The van der Waals surface area contributed by atoms with Gasteiger partial charge in [0, 0.05) is 0 Å². The molecule has 2 fully saturated rings. The third-order valence-corrected chi connectivity index (χ3v) is 15.1. The SMILES string of the molecule is CCCC1CCC(C2CCC(C(CC)[P+](c3ccccc3)(c3ccccc3)c3ccccc3)CC2)CC1.I. The summed E-state index contributed by atoms with van der Waals surface area (Å²) in [5, 5.41) is 4.70. The Morgan fingerprint density at radius 1 is 0.579 bits per heavy atom. The highest BCUT2D eigenvalue weighted by Crippen LogP contribution is 2.64. The van der Waals surface area contributed by atoms with Crippen LogP contribution in [0, 0.1) is 23.7 Å². The molecule has 3 aromatic carbocycles. The van der Waals surface area contributed by atoms with E-state index in [2.05, 4.69) is 105 Å². The highest BCUT2D eigenvalue weighted by atomic mass is 127. The number of rotatable bonds is 9. The van der Waals surface area contributed by atoms with Crippen LogP contribution in [0.5, 0.6) is 0 Å². The lowest BCUT2D eigenvalue weighted by atomic mass is 9.68. The molecule has 2 aliphatic carbocycles. The normalized spacial score (nSPS) is 24.8. The summed E-state index contributed by atoms with van der Waals surface area (Å²) in [6, 6.07) is 34.9. The van der Waals surface area contributed by atoms with Crippen molar-refractivity contribution in [2.75, 3.05) is 0 Å². The Balaban J connectivity index is 0.00000336. The lowest BCUT2D eigenvalue weighted by molar-refractivity contribution is 0.142. The van der Waals surface area contributed by atoms with Gasteiger partial charge in [0.2, 0.25) is 0 Å². The van der Waals surface area contributed by atoms with E-state index in [1.807, 2.05) is 0 Å². The molecule has 2 aliphatic rings. The molecule has 2 saturated carbocycles. The highest BCUT2D eigenvalue weighted by Gasteiger charge is 2.54. The van der Waals surface area contributed by atoms with Crippen molar-refractivity contribution in [3.05, 3.63) is 91.0 Å². The van der Waals surface area contributed by atoms with Crippen LogP contribution in [0.3, 0.4) is 0 Å². The molecule has 0 radical (unpaired) electrons. The Hall–Kier alpha value is -1.18. The lowest BCUT2D eigenvalue weighted by Crippen LogP contribution is -2.43. The van der Waals surface area contributed by atoms with Crippen molar-refractivity contribution < 1.29 is 0 Å². The fourth-order valence-electron chi connectivity index (χ4n) is 8.29. The van der Waals surface area contributed by atoms with Gasteiger partial charge in [-0.05, 0) is 105 Å². The zero-order chi connectivity index (χ0) is 25.5. The average molecular weight is 640 g/mol. The summed E-state index contributed by atoms with van der Waals surface area (Å²) in [6.07, 6.45) is 15.9. The lowest BCUT2D eigenvalue weighted by Gasteiger charge is -2.43. The first-order valence-corrected chi connectivity index (χ1v) is 17.2. The fourth-order valence-corrected chi connectivity index (χ4v) is 13.7. The van der Waals surface area contributed by atoms with Gasteiger partial charge in [0.15, 0.2) is 0 Å². The van der Waals surface area contributed by atoms with Gasteiger partial charge in [-0.1, -0.05) is 94.1 Å². The zero-order valence-corrected chi connectivity index (χ0v) is 26.9. The van der Waals surface area contributed by atoms with Gasteiger partial charge < -0.3 is 0 Å². The summed E-state index contributed by atoms with van der Waals surface area (Å²) >= 11 is 0. The zero-order valence-electron chi connectivity index (χ0n) is 23.7. The van der Waals surface area contributed by atoms with E-state index < -0.39 is 7.26 Å². The van der Waals surface area contributed by atoms with Crippen LogP contribution in [-0.2, 0) is 0 Å². The Morgan fingerprint density at radius 2 is 0.974 bits per heavy atom. The second kappa shape index (κ2) is 14.5. The Morgan fingerprint density at radius 3 is 1.34 bits per heavy atom. The van der Waals surface area contributed by atoms with Crippen LogP contribution < -0.4 is 15.9 Å². The summed E-state index contributed by atoms with van der Waals surface area (Å²) in [7, 11) is -1.80. The molecule has 0 aliphatic heterocycles. The third-order valence-electron chi connectivity index (χ3n) is 10.0. The van der Waals surface area contributed by atoms with E-state index in [0.29, 0.717) is 5.66 Å². The molecule has 0 bridgehead atoms. The minimum atomic E-state index is -1.80. The number of hydrogen-bond acceptors (Lipinski definition) is 0. The van der Waals surface area contributed by atoms with Crippen LogP contribution in [0.1, 0.15) is 84.5 Å². The van der Waals surface area contributed by atoms with Gasteiger partial charge >= 0.3 is 0 Å². The molecular weight excluding hydrogens is 590 g/mol. The molecule has 5 rings (SSSR count). The number of hydrogen-bond donors (Lipinski definition) is 0. The van der Waals surface area contributed by atoms with E-state index in [1.165, 1.54) is 70.6 Å². The van der Waals surface area contributed by atoms with Gasteiger partial charge in [-0.3, -0.25) is 0 Å². The molecule has 2 heteroatoms. The van der Waals surface area contributed by atoms with E-state index in [9.17, 15) is 0 Å². The van der Waals surface area contributed by atoms with E-state index in [0.717, 1.165) is 23.7 Å². The molecule has 3 aromatic rings. The maximum atomic E-state index is 2.48. The van der Waals surface area contributed by atoms with Crippen molar-refractivity contribution in [3.63, 3.8) is 0 Å². The minimum Gasteiger partial charge on any atom is -0.107 e. The predicted octanol–water partition coefficient (Wildman–Crippen LogP) is 9.79. The molecule has 0 nitrogen and oxygen atoms in total. The molecule has 0 amide bonds. The molecular formula is C36H49IP+. The van der Waals surface area contributed by atoms with Crippen molar-refractivity contribution in [3.8, 4) is 0 Å². The second-order valence-electron chi connectivity index (χ2n) is 11.9. The fraction of sp³-hybridized carbons (Fsp3) is 0.500. The van der Waals surface area contributed by atoms with Crippen LogP contribution in [0.25, 0.3) is 0 Å². The first kappa shape index (κ1) is 29.8. The van der Waals surface area contributed by atoms with Crippen molar-refractivity contribution in [2.45, 2.75) is 90.1 Å². The molecule has 0 N–H and O–H groups in total. The van der Waals surface area contributed by atoms with Crippen molar-refractivity contribution in [1.29, 1.82) is 0 Å². The highest BCUT2D eigenvalue weighted by molar-refractivity contribution is 14.0. The van der Waals surface area contributed by atoms with Gasteiger partial charge in [0.05, 0.1) is 5.66 Å². The van der Waals surface area contributed by atoms with Gasteiger partial charge in [-0.25, -0.2) is 0 Å². The standard InChI is InChI=1S/C36H48P.HI/c1-3-14-29-21-23-30(24-22-29)31-25-27-32(28-26-31)36(4-2)37(33-15-8-5-9-16-33,34-17-10-6-11-18-34)35-19-12-7-13-20-35;/h5-13,15-20,29-32,36H,3-4,14,21-28H2,1-2H3;1H/q+1;. The van der Waals surface area contributed by atoms with Gasteiger partial charge in [0.1, 0.15) is 23.2 Å². The Kier molecular flexibility index (Phi) is 11.3. The molecule has 38 heavy (non-hydrogen) atoms. The summed E-state index contributed by atoms with van der Waals surface area (Å²) in [5.74, 6) is 3.82. The van der Waals surface area contributed by atoms with Crippen molar-refractivity contribution in [2.24, 2.45) is 23.7 Å². The predicted molar refractivity (Wildman–Crippen MR) is 180 cm³/mol. The maximum Gasteiger partial charge on any atom is 0.115 e. The summed E-state index contributed by atoms with van der Waals surface area (Å²) < 4.78 is 0. The quantitative estimate of drug-likeness (QED) is 0.162. The Labute approximate surface area is 250 Å². The van der Waals surface area contributed by atoms with E-state index >= 15 is 0 Å². The van der Waals surface area contributed by atoms with Crippen LogP contribution in [-0.4, -0.2) is 5.66 Å². The summed E-state index contributed by atoms with van der Waals surface area (Å²) in [6.45, 7) is 4.84. The average Bonchev–Trinajstić information content (AvgIpc) is 2.98. The van der Waals surface area contributed by atoms with Crippen LogP contribution in [0.2, 0.25) is 0 Å². The molecule has 1 unspecified atom stereocenters. The maximum absolute atomic E-state index is 2.48. The second-order valence-corrected chi connectivity index (χ2v) is 15.6. The molecule has 204 valence electrons. The topological polar surface area (TPSA) is 0 Å². The summed E-state index contributed by atoms with van der Waals surface area (Å²) in [5.41, 5.74) is 0.695. The first-order valence-electron chi connectivity index (χ1n) is 15.3. The minimum absolute atomic E-state index is 0. The van der Waals surface area contributed by atoms with E-state index in [-0.39, 0.29) is 24.0 Å². The van der Waals surface area contributed by atoms with Crippen molar-refractivity contribution >= 4 is 47.2 Å². The first-order chi connectivity index (χ1) is 18.3. The molecule has 0 aromatic heterocycles. The van der Waals surface area contributed by atoms with Gasteiger partial charge in [-0.15, -0.1) is 24.0 Å². The summed E-state index contributed by atoms with van der Waals surface area (Å²) in [4.78, 5) is 0. The molecule has 1 atom stereocenters. The van der Waals surface area contributed by atoms with Crippen LogP contribution in [0.15, 0.2) is 91.0 Å². The van der Waals surface area contributed by atoms with Gasteiger partial charge in [-0.2, -0.15) is 0 Å². The molecule has 0 saturated heterocycles. The smallest absolute Gasteiger partial charge is 0.107 e. The van der Waals surface area contributed by atoms with E-state index in [4.69, 9.17) is 0 Å². The van der Waals surface area contributed by atoms with Gasteiger partial charge in [0.25, 0.3) is 0 Å². The Bertz CT molecular complexity index is 954. The van der Waals surface area contributed by atoms with E-state index in [1.54, 1.807) is 15.9 Å². The number of benzene rings is 3. The molecule has 0 heterocycles. The van der Waals surface area contributed by atoms with Crippen LogP contribution in [0.4, 0.5) is 0 Å². The molecule has 0 spiro atoms. The largest absolute Gasteiger partial charge is 0.115 e.